The predicted octanol–water partition coefficient (Wildman–Crippen LogP) is 3.92. The lowest BCUT2D eigenvalue weighted by Gasteiger charge is -2.07. The van der Waals surface area contributed by atoms with Crippen LogP contribution in [0.2, 0.25) is 0 Å². The van der Waals surface area contributed by atoms with Crippen LogP contribution in [0, 0.1) is 12.7 Å². The molecular weight excluding hydrogens is 307 g/mol. The van der Waals surface area contributed by atoms with E-state index in [0.29, 0.717) is 11.5 Å². The fourth-order valence-electron chi connectivity index (χ4n) is 2.11. The molecule has 0 aliphatic heterocycles. The number of nitrogens with zero attached hydrogens (tertiary/aromatic N) is 2. The molecule has 0 saturated heterocycles. The monoisotopic (exact) mass is 322 g/mol. The zero-order chi connectivity index (χ0) is 16.9. The van der Waals surface area contributed by atoms with E-state index in [9.17, 15) is 9.18 Å². The smallest absolute Gasteiger partial charge is 0.275 e. The first-order valence-electron chi connectivity index (χ1n) is 7.33. The van der Waals surface area contributed by atoms with Crippen molar-refractivity contribution in [2.24, 2.45) is 0 Å². The van der Waals surface area contributed by atoms with Crippen molar-refractivity contribution < 1.29 is 9.18 Å². The Hall–Kier alpha value is -3.28. The van der Waals surface area contributed by atoms with E-state index >= 15 is 0 Å². The van der Waals surface area contributed by atoms with Crippen LogP contribution < -0.4 is 10.6 Å². The topological polar surface area (TPSA) is 66.9 Å². The summed E-state index contributed by atoms with van der Waals surface area (Å²) in [4.78, 5) is 20.4. The Kier molecular flexibility index (Phi) is 4.47. The molecule has 6 heteroatoms. The number of rotatable bonds is 4. The number of aromatic nitrogens is 2. The average Bonchev–Trinajstić information content (AvgIpc) is 2.57. The molecular formula is C18H15FN4O. The van der Waals surface area contributed by atoms with Crippen LogP contribution in [0.3, 0.4) is 0 Å². The summed E-state index contributed by atoms with van der Waals surface area (Å²) in [6, 6.07) is 13.4. The molecule has 0 unspecified atom stereocenters. The summed E-state index contributed by atoms with van der Waals surface area (Å²) >= 11 is 0. The summed E-state index contributed by atoms with van der Waals surface area (Å²) in [5.74, 6) is -0.227. The zero-order valence-corrected chi connectivity index (χ0v) is 13.0. The van der Waals surface area contributed by atoms with Crippen LogP contribution in [0.15, 0.2) is 60.9 Å². The number of hydrogen-bond acceptors (Lipinski definition) is 4. The van der Waals surface area contributed by atoms with Crippen molar-refractivity contribution in [3.05, 3.63) is 78.0 Å². The molecule has 120 valence electrons. The molecule has 0 saturated carbocycles. The van der Waals surface area contributed by atoms with Gasteiger partial charge in [0, 0.05) is 11.4 Å². The molecule has 1 amide bonds. The van der Waals surface area contributed by atoms with Gasteiger partial charge in [0.2, 0.25) is 0 Å². The Balaban J connectivity index is 1.67. The number of aryl methyl sites for hydroxylation is 1. The number of amides is 1. The summed E-state index contributed by atoms with van der Waals surface area (Å²) in [6.07, 6.45) is 2.87. The van der Waals surface area contributed by atoms with Crippen LogP contribution in [0.25, 0.3) is 0 Å². The molecule has 5 nitrogen and oxygen atoms in total. The van der Waals surface area contributed by atoms with E-state index in [2.05, 4.69) is 20.6 Å². The molecule has 3 rings (SSSR count). The summed E-state index contributed by atoms with van der Waals surface area (Å²) in [5.41, 5.74) is 2.69. The van der Waals surface area contributed by atoms with E-state index in [1.54, 1.807) is 0 Å². The summed E-state index contributed by atoms with van der Waals surface area (Å²) < 4.78 is 12.9. The molecule has 3 aromatic rings. The van der Waals surface area contributed by atoms with Gasteiger partial charge in [0.05, 0.1) is 12.4 Å². The minimum Gasteiger partial charge on any atom is -0.339 e. The third-order valence-corrected chi connectivity index (χ3v) is 3.28. The lowest BCUT2D eigenvalue weighted by Crippen LogP contribution is -2.14. The molecule has 0 spiro atoms. The maximum atomic E-state index is 12.9. The van der Waals surface area contributed by atoms with Crippen LogP contribution in [0.4, 0.5) is 21.6 Å². The normalized spacial score (nSPS) is 10.2. The van der Waals surface area contributed by atoms with Crippen LogP contribution in [-0.4, -0.2) is 15.9 Å². The summed E-state index contributed by atoms with van der Waals surface area (Å²) in [7, 11) is 0. The number of hydrogen-bond donors (Lipinski definition) is 2. The summed E-state index contributed by atoms with van der Waals surface area (Å²) in [5, 5.41) is 5.75. The van der Waals surface area contributed by atoms with Crippen LogP contribution in [0.5, 0.6) is 0 Å². The third kappa shape index (κ3) is 3.92. The summed E-state index contributed by atoms with van der Waals surface area (Å²) in [6.45, 7) is 2.00. The highest BCUT2D eigenvalue weighted by atomic mass is 19.1. The van der Waals surface area contributed by atoms with Gasteiger partial charge in [-0.1, -0.05) is 12.1 Å². The first-order chi connectivity index (χ1) is 11.6. The van der Waals surface area contributed by atoms with Gasteiger partial charge in [-0.2, -0.15) is 0 Å². The highest BCUT2D eigenvalue weighted by Crippen LogP contribution is 2.15. The predicted molar refractivity (Wildman–Crippen MR) is 90.8 cm³/mol. The molecule has 0 fully saturated rings. The third-order valence-electron chi connectivity index (χ3n) is 3.28. The number of carbonyl (C=O) groups excluding carboxylic acids is 1. The van der Waals surface area contributed by atoms with Crippen LogP contribution >= 0.6 is 0 Å². The van der Waals surface area contributed by atoms with Gasteiger partial charge < -0.3 is 10.6 Å². The zero-order valence-electron chi connectivity index (χ0n) is 13.0. The van der Waals surface area contributed by atoms with Crippen molar-refractivity contribution in [3.8, 4) is 0 Å². The van der Waals surface area contributed by atoms with Crippen LogP contribution in [0.1, 0.15) is 16.1 Å². The lowest BCUT2D eigenvalue weighted by atomic mass is 10.2. The van der Waals surface area contributed by atoms with Crippen molar-refractivity contribution >= 4 is 23.1 Å². The van der Waals surface area contributed by atoms with E-state index < -0.39 is 5.91 Å². The molecule has 0 aliphatic carbocycles. The molecule has 0 bridgehead atoms. The molecule has 1 heterocycles. The van der Waals surface area contributed by atoms with Crippen molar-refractivity contribution in [2.45, 2.75) is 6.92 Å². The van der Waals surface area contributed by atoms with E-state index in [0.717, 1.165) is 11.3 Å². The minimum atomic E-state index is -0.406. The van der Waals surface area contributed by atoms with Gasteiger partial charge in [-0.25, -0.2) is 14.4 Å². The maximum absolute atomic E-state index is 12.9. The largest absolute Gasteiger partial charge is 0.339 e. The highest BCUT2D eigenvalue weighted by molar-refractivity contribution is 6.02. The van der Waals surface area contributed by atoms with E-state index in [1.807, 2.05) is 31.2 Å². The number of benzene rings is 2. The molecule has 0 radical (unpaired) electrons. The number of halogens is 1. The standard InChI is InChI=1S/C18H15FN4O/c1-12-3-2-4-15(9-12)22-17-11-20-16(10-21-17)18(24)23-14-7-5-13(19)6-8-14/h2-11H,1H3,(H,21,22)(H,23,24). The number of nitrogens with one attached hydrogen (secondary N) is 2. The van der Waals surface area contributed by atoms with Gasteiger partial charge in [-0.3, -0.25) is 4.79 Å². The molecule has 0 aliphatic rings. The minimum absolute atomic E-state index is 0.175. The number of anilines is 3. The fraction of sp³-hybridized carbons (Fsp3) is 0.0556. The Labute approximate surface area is 138 Å². The van der Waals surface area contributed by atoms with Gasteiger partial charge in [-0.15, -0.1) is 0 Å². The second-order valence-electron chi connectivity index (χ2n) is 5.24. The SMILES string of the molecule is Cc1cccc(Nc2cnc(C(=O)Nc3ccc(F)cc3)cn2)c1. The van der Waals surface area contributed by atoms with Crippen LogP contribution in [-0.2, 0) is 0 Å². The first-order valence-corrected chi connectivity index (χ1v) is 7.33. The van der Waals surface area contributed by atoms with Crippen molar-refractivity contribution in [1.29, 1.82) is 0 Å². The van der Waals surface area contributed by atoms with E-state index in [-0.39, 0.29) is 11.5 Å². The van der Waals surface area contributed by atoms with Crippen molar-refractivity contribution in [3.63, 3.8) is 0 Å². The van der Waals surface area contributed by atoms with Gasteiger partial charge in [-0.05, 0) is 48.9 Å². The Morgan fingerprint density at radius 1 is 1.00 bits per heavy atom. The molecule has 0 atom stereocenters. The molecule has 24 heavy (non-hydrogen) atoms. The lowest BCUT2D eigenvalue weighted by molar-refractivity contribution is 0.102. The average molecular weight is 322 g/mol. The second-order valence-corrected chi connectivity index (χ2v) is 5.24. The first kappa shape index (κ1) is 15.6. The van der Waals surface area contributed by atoms with E-state index in [4.69, 9.17) is 0 Å². The van der Waals surface area contributed by atoms with Gasteiger partial charge in [0.25, 0.3) is 5.91 Å². The highest BCUT2D eigenvalue weighted by Gasteiger charge is 2.08. The number of carbonyl (C=O) groups is 1. The van der Waals surface area contributed by atoms with E-state index in [1.165, 1.54) is 36.7 Å². The fourth-order valence-corrected chi connectivity index (χ4v) is 2.11. The Morgan fingerprint density at radius 3 is 2.46 bits per heavy atom. The Morgan fingerprint density at radius 2 is 1.79 bits per heavy atom. The molecule has 1 aromatic heterocycles. The van der Waals surface area contributed by atoms with Gasteiger partial charge in [0.1, 0.15) is 17.3 Å². The van der Waals surface area contributed by atoms with Gasteiger partial charge >= 0.3 is 0 Å². The Bertz CT molecular complexity index is 848. The molecule has 2 aromatic carbocycles. The maximum Gasteiger partial charge on any atom is 0.275 e. The molecule has 2 N–H and O–H groups in total. The van der Waals surface area contributed by atoms with Crippen molar-refractivity contribution in [2.75, 3.05) is 10.6 Å². The quantitative estimate of drug-likeness (QED) is 0.764. The van der Waals surface area contributed by atoms with Gasteiger partial charge in [0.15, 0.2) is 0 Å². The van der Waals surface area contributed by atoms with Crippen molar-refractivity contribution in [1.82, 2.24) is 9.97 Å². The second kappa shape index (κ2) is 6.87.